The van der Waals surface area contributed by atoms with E-state index in [0.717, 1.165) is 0 Å². The fourth-order valence-corrected chi connectivity index (χ4v) is 1.82. The fraction of sp³-hybridized carbons (Fsp3) is 0.900. The van der Waals surface area contributed by atoms with Gasteiger partial charge in [0.1, 0.15) is 0 Å². The molecule has 16 heavy (non-hydrogen) atoms. The Bertz CT molecular complexity index is 240. The molecule has 1 aliphatic carbocycles. The van der Waals surface area contributed by atoms with E-state index in [9.17, 15) is 18.7 Å². The van der Waals surface area contributed by atoms with Gasteiger partial charge in [-0.25, -0.2) is 0 Å². The number of hydrogen-bond donors (Lipinski definition) is 1. The number of carbonyl (C=O) groups is 1. The Morgan fingerprint density at radius 3 is 2.50 bits per heavy atom. The lowest BCUT2D eigenvalue weighted by atomic mass is 9.88. The second kappa shape index (κ2) is 5.82. The van der Waals surface area contributed by atoms with Gasteiger partial charge >= 0.3 is 11.2 Å². The molecule has 0 amide bonds. The first-order chi connectivity index (χ1) is 7.44. The highest BCUT2D eigenvalue weighted by Gasteiger charge is 2.32. The Morgan fingerprint density at radius 1 is 1.44 bits per heavy atom. The Kier molecular flexibility index (Phi) is 4.98. The van der Waals surface area contributed by atoms with Crippen LogP contribution in [0.3, 0.4) is 0 Å². The zero-order valence-electron chi connectivity index (χ0n) is 9.12. The molecule has 0 unspecified atom stereocenters. The van der Waals surface area contributed by atoms with Crippen molar-refractivity contribution in [3.8, 4) is 0 Å². The first-order valence-electron chi connectivity index (χ1n) is 5.22. The van der Waals surface area contributed by atoms with E-state index in [-0.39, 0.29) is 12.0 Å². The van der Waals surface area contributed by atoms with Crippen LogP contribution in [0.25, 0.3) is 0 Å². The van der Waals surface area contributed by atoms with Gasteiger partial charge in [0.05, 0.1) is 12.0 Å². The van der Waals surface area contributed by atoms with Gasteiger partial charge in [-0.15, -0.1) is 0 Å². The van der Waals surface area contributed by atoms with Crippen molar-refractivity contribution in [1.29, 1.82) is 0 Å². The molecule has 94 valence electrons. The summed E-state index contributed by atoms with van der Waals surface area (Å²) in [6, 6.07) is 0. The van der Waals surface area contributed by atoms with Gasteiger partial charge in [-0.1, -0.05) is 11.8 Å². The molecule has 1 N–H and O–H groups in total. The monoisotopic (exact) mass is 254 g/mol. The lowest BCUT2D eigenvalue weighted by Gasteiger charge is -2.24. The van der Waals surface area contributed by atoms with Gasteiger partial charge in [-0.2, -0.15) is 8.78 Å². The second-order valence-electron chi connectivity index (χ2n) is 3.95. The van der Waals surface area contributed by atoms with Gasteiger partial charge in [0.25, 0.3) is 0 Å². The maximum atomic E-state index is 12.8. The second-order valence-corrected chi connectivity index (χ2v) is 4.96. The van der Waals surface area contributed by atoms with Crippen LogP contribution < -0.4 is 0 Å². The van der Waals surface area contributed by atoms with Crippen LogP contribution >= 0.6 is 11.8 Å². The lowest BCUT2D eigenvalue weighted by Crippen LogP contribution is -2.29. The van der Waals surface area contributed by atoms with Gasteiger partial charge in [0.2, 0.25) is 0 Å². The van der Waals surface area contributed by atoms with Crippen molar-refractivity contribution < 1.29 is 23.4 Å². The number of alkyl halides is 2. The number of rotatable bonds is 4. The summed E-state index contributed by atoms with van der Waals surface area (Å²) in [6.07, 6.45) is 3.02. The van der Waals surface area contributed by atoms with Crippen LogP contribution in [0.5, 0.6) is 0 Å². The predicted octanol–water partition coefficient (Wildman–Crippen LogP) is 2.04. The molecule has 0 bridgehead atoms. The van der Waals surface area contributed by atoms with Gasteiger partial charge < -0.3 is 9.84 Å². The lowest BCUT2D eigenvalue weighted by molar-refractivity contribution is -0.155. The average molecular weight is 254 g/mol. The highest BCUT2D eigenvalue weighted by molar-refractivity contribution is 7.99. The van der Waals surface area contributed by atoms with Crippen LogP contribution in [0, 0.1) is 5.92 Å². The number of ether oxygens (including phenoxy) is 1. The predicted molar refractivity (Wildman–Crippen MR) is 57.4 cm³/mol. The molecule has 1 fully saturated rings. The molecule has 0 saturated heterocycles. The minimum absolute atomic E-state index is 0.332. The highest BCUT2D eigenvalue weighted by atomic mass is 32.2. The normalized spacial score (nSPS) is 26.5. The van der Waals surface area contributed by atoms with Crippen molar-refractivity contribution in [3.05, 3.63) is 0 Å². The van der Waals surface area contributed by atoms with Gasteiger partial charge in [-0.3, -0.25) is 4.79 Å². The zero-order valence-corrected chi connectivity index (χ0v) is 9.93. The molecular formula is C10H16F2O3S. The number of thioether (sulfide) groups is 1. The Balaban J connectivity index is 2.30. The van der Waals surface area contributed by atoms with Crippen molar-refractivity contribution in [1.82, 2.24) is 0 Å². The van der Waals surface area contributed by atoms with Crippen LogP contribution in [-0.2, 0) is 9.53 Å². The van der Waals surface area contributed by atoms with Crippen LogP contribution in [-0.4, -0.2) is 35.3 Å². The average Bonchev–Trinajstić information content (AvgIpc) is 2.27. The maximum absolute atomic E-state index is 12.8. The summed E-state index contributed by atoms with van der Waals surface area (Å²) in [5.41, 5.74) is 0. The standard InChI is InChI=1S/C10H16F2O3S/c1-16-10(11,12)6-15-9(14)7-2-4-8(13)5-3-7/h7-8,13H,2-6H2,1H3. The SMILES string of the molecule is CSC(F)(F)COC(=O)C1CCC(O)CC1. The minimum Gasteiger partial charge on any atom is -0.458 e. The molecule has 1 aliphatic rings. The first-order valence-corrected chi connectivity index (χ1v) is 6.45. The van der Waals surface area contributed by atoms with E-state index < -0.39 is 17.8 Å². The summed E-state index contributed by atoms with van der Waals surface area (Å²) in [4.78, 5) is 11.4. The molecule has 6 heteroatoms. The van der Waals surface area contributed by atoms with E-state index in [1.807, 2.05) is 0 Å². The number of aliphatic hydroxyl groups is 1. The molecule has 0 aromatic carbocycles. The van der Waals surface area contributed by atoms with Crippen LogP contribution in [0.15, 0.2) is 0 Å². The summed E-state index contributed by atoms with van der Waals surface area (Å²) in [6.45, 7) is -0.869. The van der Waals surface area contributed by atoms with E-state index in [1.165, 1.54) is 6.26 Å². The van der Waals surface area contributed by atoms with Crippen molar-refractivity contribution in [3.63, 3.8) is 0 Å². The molecule has 0 spiro atoms. The summed E-state index contributed by atoms with van der Waals surface area (Å²) in [7, 11) is 0. The third-order valence-corrected chi connectivity index (χ3v) is 3.43. The van der Waals surface area contributed by atoms with E-state index in [0.29, 0.717) is 37.4 Å². The number of carbonyl (C=O) groups excluding carboxylic acids is 1. The molecule has 0 heterocycles. The largest absolute Gasteiger partial charge is 0.458 e. The van der Waals surface area contributed by atoms with E-state index in [1.54, 1.807) is 0 Å². The van der Waals surface area contributed by atoms with Gasteiger partial charge in [0.15, 0.2) is 6.61 Å². The summed E-state index contributed by atoms with van der Waals surface area (Å²) < 4.78 is 30.2. The third-order valence-electron chi connectivity index (χ3n) is 2.71. The quantitative estimate of drug-likeness (QED) is 0.780. The molecule has 0 aromatic rings. The molecule has 0 aromatic heterocycles. The van der Waals surface area contributed by atoms with Crippen molar-refractivity contribution in [2.45, 2.75) is 37.0 Å². The number of hydrogen-bond acceptors (Lipinski definition) is 4. The fourth-order valence-electron chi connectivity index (χ4n) is 1.64. The van der Waals surface area contributed by atoms with Gasteiger partial charge in [0, 0.05) is 0 Å². The zero-order chi connectivity index (χ0) is 12.2. The van der Waals surface area contributed by atoms with E-state index in [4.69, 9.17) is 0 Å². The first kappa shape index (κ1) is 13.7. The van der Waals surface area contributed by atoms with Gasteiger partial charge in [-0.05, 0) is 31.9 Å². The Hall–Kier alpha value is -0.360. The summed E-state index contributed by atoms with van der Waals surface area (Å²) in [5.74, 6) is -0.901. The summed E-state index contributed by atoms with van der Waals surface area (Å²) in [5, 5.41) is 6.22. The van der Waals surface area contributed by atoms with E-state index >= 15 is 0 Å². The Labute approximate surface area is 97.5 Å². The summed E-state index contributed by atoms with van der Waals surface area (Å²) >= 11 is 0.366. The van der Waals surface area contributed by atoms with E-state index in [2.05, 4.69) is 4.74 Å². The van der Waals surface area contributed by atoms with Crippen LogP contribution in [0.4, 0.5) is 8.78 Å². The Morgan fingerprint density at radius 2 is 2.00 bits per heavy atom. The highest BCUT2D eigenvalue weighted by Crippen LogP contribution is 2.29. The number of aliphatic hydroxyl groups excluding tert-OH is 1. The third kappa shape index (κ3) is 4.25. The van der Waals surface area contributed by atoms with Crippen molar-refractivity contribution in [2.24, 2.45) is 5.92 Å². The maximum Gasteiger partial charge on any atom is 0.327 e. The van der Waals surface area contributed by atoms with Crippen molar-refractivity contribution >= 4 is 17.7 Å². The van der Waals surface area contributed by atoms with Crippen molar-refractivity contribution in [2.75, 3.05) is 12.9 Å². The molecule has 1 rings (SSSR count). The molecule has 1 saturated carbocycles. The van der Waals surface area contributed by atoms with Crippen LogP contribution in [0.2, 0.25) is 0 Å². The molecular weight excluding hydrogens is 238 g/mol. The topological polar surface area (TPSA) is 46.5 Å². The molecule has 3 nitrogen and oxygen atoms in total. The molecule has 0 atom stereocenters. The number of esters is 1. The van der Waals surface area contributed by atoms with Crippen LogP contribution in [0.1, 0.15) is 25.7 Å². The smallest absolute Gasteiger partial charge is 0.327 e. The number of halogens is 2. The molecule has 0 radical (unpaired) electrons. The molecule has 0 aliphatic heterocycles. The minimum atomic E-state index is -3.01.